The number of carbonyl (C=O) groups excluding carboxylic acids is 1. The van der Waals surface area contributed by atoms with Crippen molar-refractivity contribution in [2.24, 2.45) is 0 Å². The van der Waals surface area contributed by atoms with Crippen LogP contribution in [-0.2, 0) is 4.74 Å². The van der Waals surface area contributed by atoms with Gasteiger partial charge in [0.05, 0.1) is 31.6 Å². The van der Waals surface area contributed by atoms with Crippen molar-refractivity contribution in [1.29, 1.82) is 0 Å². The maximum atomic E-state index is 12.5. The molecule has 1 N–H and O–H groups in total. The van der Waals surface area contributed by atoms with Crippen LogP contribution in [0.15, 0.2) is 53.9 Å². The second-order valence-electron chi connectivity index (χ2n) is 6.35. The van der Waals surface area contributed by atoms with Gasteiger partial charge in [0.1, 0.15) is 5.75 Å². The number of rotatable bonds is 5. The Morgan fingerprint density at radius 2 is 1.89 bits per heavy atom. The van der Waals surface area contributed by atoms with Crippen molar-refractivity contribution in [2.75, 3.05) is 43.6 Å². The Bertz CT molecular complexity index is 950. The molecule has 1 aliphatic rings. The van der Waals surface area contributed by atoms with E-state index < -0.39 is 0 Å². The molecule has 0 radical (unpaired) electrons. The number of nitrogens with one attached hydrogen (secondary N) is 1. The fourth-order valence-corrected chi connectivity index (χ4v) is 3.94. The zero-order chi connectivity index (χ0) is 19.3. The third-order valence-electron chi connectivity index (χ3n) is 4.56. The molecule has 1 aromatic heterocycles. The number of thiazole rings is 1. The number of amides is 1. The highest BCUT2D eigenvalue weighted by Gasteiger charge is 2.15. The van der Waals surface area contributed by atoms with E-state index in [2.05, 4.69) is 15.6 Å². The molecule has 7 heteroatoms. The summed E-state index contributed by atoms with van der Waals surface area (Å²) >= 11 is 1.64. The lowest BCUT2D eigenvalue weighted by Gasteiger charge is -2.26. The van der Waals surface area contributed by atoms with Crippen LogP contribution >= 0.6 is 11.3 Å². The summed E-state index contributed by atoms with van der Waals surface area (Å²) in [7, 11) is 1.56. The third kappa shape index (κ3) is 4.00. The van der Waals surface area contributed by atoms with Gasteiger partial charge >= 0.3 is 0 Å². The molecule has 2 heterocycles. The zero-order valence-corrected chi connectivity index (χ0v) is 16.4. The van der Waals surface area contributed by atoms with E-state index in [0.717, 1.165) is 48.4 Å². The van der Waals surface area contributed by atoms with Gasteiger partial charge in [0.2, 0.25) is 0 Å². The maximum Gasteiger partial charge on any atom is 0.259 e. The monoisotopic (exact) mass is 395 g/mol. The molecule has 0 aliphatic carbocycles. The number of nitrogens with zero attached hydrogens (tertiary/aromatic N) is 2. The standard InChI is InChI=1S/C21H21N3O3S/c1-26-19-5-3-2-4-17(19)20(25)22-16-8-6-15(7-9-16)18-14-28-21(23-18)24-10-12-27-13-11-24/h2-9,14H,10-13H2,1H3,(H,22,25). The molecule has 1 saturated heterocycles. The van der Waals surface area contributed by atoms with Crippen LogP contribution < -0.4 is 15.0 Å². The fourth-order valence-electron chi connectivity index (χ4n) is 3.05. The summed E-state index contributed by atoms with van der Waals surface area (Å²) in [4.78, 5) is 19.5. The minimum atomic E-state index is -0.200. The fraction of sp³-hybridized carbons (Fsp3) is 0.238. The quantitative estimate of drug-likeness (QED) is 0.710. The van der Waals surface area contributed by atoms with E-state index in [1.54, 1.807) is 30.6 Å². The normalized spacial score (nSPS) is 14.0. The Hall–Kier alpha value is -2.90. The van der Waals surface area contributed by atoms with E-state index in [-0.39, 0.29) is 5.91 Å². The van der Waals surface area contributed by atoms with E-state index in [0.29, 0.717) is 11.3 Å². The average molecular weight is 395 g/mol. The van der Waals surface area contributed by atoms with Gasteiger partial charge in [-0.15, -0.1) is 11.3 Å². The number of morpholine rings is 1. The number of benzene rings is 2. The lowest BCUT2D eigenvalue weighted by Crippen LogP contribution is -2.36. The molecule has 1 aliphatic heterocycles. The molecule has 2 aromatic carbocycles. The molecule has 0 atom stereocenters. The van der Waals surface area contributed by atoms with Gasteiger partial charge in [-0.1, -0.05) is 24.3 Å². The SMILES string of the molecule is COc1ccccc1C(=O)Nc1ccc(-c2csc(N3CCOCC3)n2)cc1. The number of carbonyl (C=O) groups is 1. The highest BCUT2D eigenvalue weighted by molar-refractivity contribution is 7.14. The minimum Gasteiger partial charge on any atom is -0.496 e. The van der Waals surface area contributed by atoms with Crippen LogP contribution in [0.1, 0.15) is 10.4 Å². The summed E-state index contributed by atoms with van der Waals surface area (Å²) in [6.07, 6.45) is 0. The van der Waals surface area contributed by atoms with E-state index >= 15 is 0 Å². The number of para-hydroxylation sites is 1. The minimum absolute atomic E-state index is 0.200. The van der Waals surface area contributed by atoms with Crippen molar-refractivity contribution < 1.29 is 14.3 Å². The molecule has 4 rings (SSSR count). The van der Waals surface area contributed by atoms with Crippen molar-refractivity contribution in [2.45, 2.75) is 0 Å². The Morgan fingerprint density at radius 3 is 2.64 bits per heavy atom. The lowest BCUT2D eigenvalue weighted by atomic mass is 10.1. The first kappa shape index (κ1) is 18.5. The Kier molecular flexibility index (Phi) is 5.55. The van der Waals surface area contributed by atoms with E-state index in [9.17, 15) is 4.79 Å². The summed E-state index contributed by atoms with van der Waals surface area (Å²) in [5.74, 6) is 0.350. The highest BCUT2D eigenvalue weighted by atomic mass is 32.1. The molecular weight excluding hydrogens is 374 g/mol. The molecule has 6 nitrogen and oxygen atoms in total. The predicted molar refractivity (Wildman–Crippen MR) is 112 cm³/mol. The van der Waals surface area contributed by atoms with Gasteiger partial charge in [0.15, 0.2) is 5.13 Å². The van der Waals surface area contributed by atoms with Crippen molar-refractivity contribution in [1.82, 2.24) is 4.98 Å². The maximum absolute atomic E-state index is 12.5. The van der Waals surface area contributed by atoms with Gasteiger partial charge in [-0.05, 0) is 24.3 Å². The largest absolute Gasteiger partial charge is 0.496 e. The number of aromatic nitrogens is 1. The van der Waals surface area contributed by atoms with Gasteiger partial charge in [0.25, 0.3) is 5.91 Å². The molecule has 0 unspecified atom stereocenters. The van der Waals surface area contributed by atoms with Crippen LogP contribution in [0.3, 0.4) is 0 Å². The van der Waals surface area contributed by atoms with Crippen molar-refractivity contribution in [3.63, 3.8) is 0 Å². The summed E-state index contributed by atoms with van der Waals surface area (Å²) in [5, 5.41) is 5.99. The number of methoxy groups -OCH3 is 1. The van der Waals surface area contributed by atoms with E-state index in [4.69, 9.17) is 14.5 Å². The number of anilines is 2. The van der Waals surface area contributed by atoms with E-state index in [1.165, 1.54) is 0 Å². The first-order valence-corrected chi connectivity index (χ1v) is 9.95. The van der Waals surface area contributed by atoms with Crippen molar-refractivity contribution >= 4 is 28.1 Å². The second kappa shape index (κ2) is 8.41. The van der Waals surface area contributed by atoms with Crippen LogP contribution in [0.4, 0.5) is 10.8 Å². The third-order valence-corrected chi connectivity index (χ3v) is 5.47. The van der Waals surface area contributed by atoms with Crippen molar-refractivity contribution in [3.05, 3.63) is 59.5 Å². The topological polar surface area (TPSA) is 63.7 Å². The highest BCUT2D eigenvalue weighted by Crippen LogP contribution is 2.29. The number of hydrogen-bond acceptors (Lipinski definition) is 6. The summed E-state index contributed by atoms with van der Waals surface area (Å²) in [6, 6.07) is 14.9. The molecule has 28 heavy (non-hydrogen) atoms. The molecule has 144 valence electrons. The molecule has 0 saturated carbocycles. The van der Waals surface area contributed by atoms with Gasteiger partial charge in [-0.3, -0.25) is 4.79 Å². The molecule has 0 spiro atoms. The lowest BCUT2D eigenvalue weighted by molar-refractivity contribution is 0.102. The Balaban J connectivity index is 1.45. The van der Waals surface area contributed by atoms with Gasteiger partial charge in [0, 0.05) is 29.7 Å². The Morgan fingerprint density at radius 1 is 1.14 bits per heavy atom. The summed E-state index contributed by atoms with van der Waals surface area (Å²) in [6.45, 7) is 3.24. The summed E-state index contributed by atoms with van der Waals surface area (Å²) in [5.41, 5.74) is 3.19. The van der Waals surface area contributed by atoms with Crippen LogP contribution in [0.25, 0.3) is 11.3 Å². The zero-order valence-electron chi connectivity index (χ0n) is 15.6. The van der Waals surface area contributed by atoms with Crippen LogP contribution in [-0.4, -0.2) is 44.3 Å². The van der Waals surface area contributed by atoms with Crippen LogP contribution in [0.2, 0.25) is 0 Å². The van der Waals surface area contributed by atoms with Crippen molar-refractivity contribution in [3.8, 4) is 17.0 Å². The van der Waals surface area contributed by atoms with Crippen LogP contribution in [0, 0.1) is 0 Å². The Labute approximate surface area is 167 Å². The first-order valence-electron chi connectivity index (χ1n) is 9.07. The molecule has 3 aromatic rings. The van der Waals surface area contributed by atoms with Gasteiger partial charge < -0.3 is 19.7 Å². The molecule has 0 bridgehead atoms. The molecule has 1 fully saturated rings. The average Bonchev–Trinajstić information content (AvgIpc) is 3.25. The summed E-state index contributed by atoms with van der Waals surface area (Å²) < 4.78 is 10.7. The first-order chi connectivity index (χ1) is 13.7. The smallest absolute Gasteiger partial charge is 0.259 e. The number of hydrogen-bond donors (Lipinski definition) is 1. The van der Waals surface area contributed by atoms with E-state index in [1.807, 2.05) is 36.4 Å². The predicted octanol–water partition coefficient (Wildman–Crippen LogP) is 3.91. The van der Waals surface area contributed by atoms with Crippen LogP contribution in [0.5, 0.6) is 5.75 Å². The molecule has 1 amide bonds. The molecular formula is C21H21N3O3S. The van der Waals surface area contributed by atoms with Gasteiger partial charge in [-0.25, -0.2) is 4.98 Å². The van der Waals surface area contributed by atoms with Gasteiger partial charge in [-0.2, -0.15) is 0 Å². The second-order valence-corrected chi connectivity index (χ2v) is 7.18. The number of ether oxygens (including phenoxy) is 2.